The Morgan fingerprint density at radius 3 is 2.50 bits per heavy atom. The Morgan fingerprint density at radius 1 is 1.67 bits per heavy atom. The van der Waals surface area contributed by atoms with Crippen molar-refractivity contribution in [2.75, 3.05) is 20.7 Å². The van der Waals surface area contributed by atoms with Gasteiger partial charge in [-0.1, -0.05) is 6.08 Å². The van der Waals surface area contributed by atoms with Gasteiger partial charge >= 0.3 is 0 Å². The highest BCUT2D eigenvalue weighted by atomic mass is 16.5. The standard InChI is InChI=1S/C9H17NO2/c1-6-7-10(4)8(11)9(2,3)12-5/h6H,1,7H2,2-5H3. The molecular weight excluding hydrogens is 154 g/mol. The van der Waals surface area contributed by atoms with Gasteiger partial charge in [0.15, 0.2) is 0 Å². The third-order valence-corrected chi connectivity index (χ3v) is 1.78. The molecule has 0 radical (unpaired) electrons. The summed E-state index contributed by atoms with van der Waals surface area (Å²) in [6, 6.07) is 0. The summed E-state index contributed by atoms with van der Waals surface area (Å²) in [5, 5.41) is 0. The summed E-state index contributed by atoms with van der Waals surface area (Å²) >= 11 is 0. The number of rotatable bonds is 4. The molecule has 0 aromatic heterocycles. The number of hydrogen-bond acceptors (Lipinski definition) is 2. The van der Waals surface area contributed by atoms with Gasteiger partial charge in [0.05, 0.1) is 0 Å². The van der Waals surface area contributed by atoms with Crippen LogP contribution in [0.15, 0.2) is 12.7 Å². The molecule has 0 aromatic carbocycles. The van der Waals surface area contributed by atoms with E-state index >= 15 is 0 Å². The van der Waals surface area contributed by atoms with Crippen molar-refractivity contribution in [2.24, 2.45) is 0 Å². The lowest BCUT2D eigenvalue weighted by Gasteiger charge is -2.27. The van der Waals surface area contributed by atoms with E-state index in [2.05, 4.69) is 6.58 Å². The van der Waals surface area contributed by atoms with E-state index in [9.17, 15) is 4.79 Å². The second kappa shape index (κ2) is 4.26. The van der Waals surface area contributed by atoms with Crippen LogP contribution in [0.4, 0.5) is 0 Å². The van der Waals surface area contributed by atoms with Crippen molar-refractivity contribution in [2.45, 2.75) is 19.4 Å². The van der Waals surface area contributed by atoms with E-state index in [1.165, 1.54) is 7.11 Å². The van der Waals surface area contributed by atoms with E-state index < -0.39 is 5.60 Å². The number of nitrogens with zero attached hydrogens (tertiary/aromatic N) is 1. The molecular formula is C9H17NO2. The first-order valence-electron chi connectivity index (χ1n) is 3.87. The molecule has 0 saturated heterocycles. The fourth-order valence-corrected chi connectivity index (χ4v) is 0.824. The molecule has 0 saturated carbocycles. The number of ether oxygens (including phenoxy) is 1. The predicted molar refractivity (Wildman–Crippen MR) is 48.9 cm³/mol. The molecule has 0 spiro atoms. The van der Waals surface area contributed by atoms with Crippen molar-refractivity contribution < 1.29 is 9.53 Å². The van der Waals surface area contributed by atoms with Crippen LogP contribution in [0, 0.1) is 0 Å². The van der Waals surface area contributed by atoms with Gasteiger partial charge in [0.25, 0.3) is 5.91 Å². The normalized spacial score (nSPS) is 11.0. The maximum atomic E-state index is 11.5. The fraction of sp³-hybridized carbons (Fsp3) is 0.667. The van der Waals surface area contributed by atoms with Crippen molar-refractivity contribution in [3.05, 3.63) is 12.7 Å². The van der Waals surface area contributed by atoms with Gasteiger partial charge in [0.1, 0.15) is 5.60 Å². The minimum absolute atomic E-state index is 0.0371. The third kappa shape index (κ3) is 2.66. The molecule has 0 aliphatic heterocycles. The van der Waals surface area contributed by atoms with Crippen LogP contribution >= 0.6 is 0 Å². The van der Waals surface area contributed by atoms with Crippen LogP contribution in [0.25, 0.3) is 0 Å². The molecule has 0 fully saturated rings. The van der Waals surface area contributed by atoms with Crippen LogP contribution in [-0.2, 0) is 9.53 Å². The molecule has 0 bridgehead atoms. The highest BCUT2D eigenvalue weighted by Crippen LogP contribution is 2.10. The minimum atomic E-state index is -0.738. The first kappa shape index (κ1) is 11.2. The van der Waals surface area contributed by atoms with Gasteiger partial charge in [-0.25, -0.2) is 0 Å². The number of carbonyl (C=O) groups excluding carboxylic acids is 1. The van der Waals surface area contributed by atoms with Crippen molar-refractivity contribution in [3.63, 3.8) is 0 Å². The van der Waals surface area contributed by atoms with Crippen LogP contribution in [0.3, 0.4) is 0 Å². The van der Waals surface area contributed by atoms with Crippen LogP contribution in [0.5, 0.6) is 0 Å². The predicted octanol–water partition coefficient (Wildman–Crippen LogP) is 1.06. The zero-order valence-corrected chi connectivity index (χ0v) is 8.26. The Balaban J connectivity index is 4.27. The summed E-state index contributed by atoms with van der Waals surface area (Å²) in [4.78, 5) is 13.1. The van der Waals surface area contributed by atoms with Gasteiger partial charge < -0.3 is 9.64 Å². The third-order valence-electron chi connectivity index (χ3n) is 1.78. The van der Waals surface area contributed by atoms with Gasteiger partial charge in [-0.15, -0.1) is 6.58 Å². The zero-order chi connectivity index (χ0) is 9.78. The van der Waals surface area contributed by atoms with Crippen LogP contribution in [0.2, 0.25) is 0 Å². The smallest absolute Gasteiger partial charge is 0.254 e. The first-order chi connectivity index (χ1) is 5.45. The maximum absolute atomic E-state index is 11.5. The topological polar surface area (TPSA) is 29.5 Å². The lowest BCUT2D eigenvalue weighted by Crippen LogP contribution is -2.44. The number of amides is 1. The molecule has 3 heteroatoms. The van der Waals surface area contributed by atoms with Crippen LogP contribution in [-0.4, -0.2) is 37.1 Å². The summed E-state index contributed by atoms with van der Waals surface area (Å²) in [6.07, 6.45) is 1.68. The summed E-state index contributed by atoms with van der Waals surface area (Å²) in [5.41, 5.74) is -0.738. The molecule has 0 unspecified atom stereocenters. The monoisotopic (exact) mass is 171 g/mol. The van der Waals surface area contributed by atoms with Gasteiger partial charge in [-0.05, 0) is 13.8 Å². The Hall–Kier alpha value is -0.830. The number of methoxy groups -OCH3 is 1. The molecule has 70 valence electrons. The SMILES string of the molecule is C=CCN(C)C(=O)C(C)(C)OC. The van der Waals surface area contributed by atoms with E-state index in [1.54, 1.807) is 31.9 Å². The quantitative estimate of drug-likeness (QED) is 0.592. The van der Waals surface area contributed by atoms with Crippen molar-refractivity contribution >= 4 is 5.91 Å². The van der Waals surface area contributed by atoms with E-state index in [0.717, 1.165) is 0 Å². The molecule has 0 aliphatic rings. The van der Waals surface area contributed by atoms with E-state index in [4.69, 9.17) is 4.74 Å². The summed E-state index contributed by atoms with van der Waals surface area (Å²) in [5.74, 6) is -0.0371. The van der Waals surface area contributed by atoms with Crippen molar-refractivity contribution in [1.29, 1.82) is 0 Å². The molecule has 0 aliphatic carbocycles. The lowest BCUT2D eigenvalue weighted by molar-refractivity contribution is -0.149. The van der Waals surface area contributed by atoms with Crippen LogP contribution < -0.4 is 0 Å². The molecule has 0 aromatic rings. The number of carbonyl (C=O) groups is 1. The van der Waals surface area contributed by atoms with E-state index in [0.29, 0.717) is 6.54 Å². The molecule has 3 nitrogen and oxygen atoms in total. The Bertz CT molecular complexity index is 175. The van der Waals surface area contributed by atoms with Gasteiger partial charge in [-0.2, -0.15) is 0 Å². The summed E-state index contributed by atoms with van der Waals surface area (Å²) in [6.45, 7) is 7.59. The molecule has 0 heterocycles. The maximum Gasteiger partial charge on any atom is 0.254 e. The molecule has 12 heavy (non-hydrogen) atoms. The van der Waals surface area contributed by atoms with Crippen LogP contribution in [0.1, 0.15) is 13.8 Å². The zero-order valence-electron chi connectivity index (χ0n) is 8.26. The van der Waals surface area contributed by atoms with Gasteiger partial charge in [0, 0.05) is 20.7 Å². The van der Waals surface area contributed by atoms with E-state index in [-0.39, 0.29) is 5.91 Å². The first-order valence-corrected chi connectivity index (χ1v) is 3.87. The molecule has 1 amide bonds. The largest absolute Gasteiger partial charge is 0.369 e. The summed E-state index contributed by atoms with van der Waals surface area (Å²) < 4.78 is 5.04. The van der Waals surface area contributed by atoms with Crippen molar-refractivity contribution in [1.82, 2.24) is 4.90 Å². The average Bonchev–Trinajstić information content (AvgIpc) is 2.03. The van der Waals surface area contributed by atoms with E-state index in [1.807, 2.05) is 0 Å². The highest BCUT2D eigenvalue weighted by Gasteiger charge is 2.29. The highest BCUT2D eigenvalue weighted by molar-refractivity contribution is 5.84. The Labute approximate surface area is 74.0 Å². The minimum Gasteiger partial charge on any atom is -0.369 e. The number of hydrogen-bond donors (Lipinski definition) is 0. The van der Waals surface area contributed by atoms with Gasteiger partial charge in [0.2, 0.25) is 0 Å². The second-order valence-electron chi connectivity index (χ2n) is 3.19. The van der Waals surface area contributed by atoms with Crippen molar-refractivity contribution in [3.8, 4) is 0 Å². The average molecular weight is 171 g/mol. The number of likely N-dealkylation sites (N-methyl/N-ethyl adjacent to an activating group) is 1. The second-order valence-corrected chi connectivity index (χ2v) is 3.19. The van der Waals surface area contributed by atoms with Gasteiger partial charge in [-0.3, -0.25) is 4.79 Å². The Kier molecular flexibility index (Phi) is 3.96. The Morgan fingerprint density at radius 2 is 2.17 bits per heavy atom. The fourth-order valence-electron chi connectivity index (χ4n) is 0.824. The molecule has 0 atom stereocenters. The lowest BCUT2D eigenvalue weighted by atomic mass is 10.1. The molecule has 0 rings (SSSR count). The summed E-state index contributed by atoms with van der Waals surface area (Å²) in [7, 11) is 3.25. The molecule has 0 N–H and O–H groups in total.